The van der Waals surface area contributed by atoms with Crippen LogP contribution in [0.15, 0.2) is 135 Å². The van der Waals surface area contributed by atoms with Gasteiger partial charge in [-0.2, -0.15) is 0 Å². The van der Waals surface area contributed by atoms with Crippen LogP contribution in [-0.4, -0.2) is 38.9 Å². The van der Waals surface area contributed by atoms with Gasteiger partial charge in [0, 0.05) is 46.7 Å². The second-order valence-electron chi connectivity index (χ2n) is 14.5. The van der Waals surface area contributed by atoms with Crippen molar-refractivity contribution in [3.8, 4) is 22.5 Å². The number of benzene rings is 4. The second kappa shape index (κ2) is 13.7. The van der Waals surface area contributed by atoms with Crippen molar-refractivity contribution in [3.05, 3.63) is 168 Å². The number of pyridine rings is 2. The summed E-state index contributed by atoms with van der Waals surface area (Å²) < 4.78 is 4.77. The van der Waals surface area contributed by atoms with E-state index in [1.165, 1.54) is 72.2 Å². The summed E-state index contributed by atoms with van der Waals surface area (Å²) in [7, 11) is 1.98. The number of rotatable bonds is 9. The molecule has 8 aromatic rings. The van der Waals surface area contributed by atoms with Crippen LogP contribution in [0.5, 0.6) is 0 Å². The smallest absolute Gasteiger partial charge is 0.0674 e. The van der Waals surface area contributed by atoms with Gasteiger partial charge in [-0.05, 0) is 156 Å². The van der Waals surface area contributed by atoms with Crippen LogP contribution < -0.4 is 5.32 Å². The van der Waals surface area contributed by atoms with Crippen molar-refractivity contribution in [1.29, 1.82) is 5.41 Å². The van der Waals surface area contributed by atoms with Gasteiger partial charge < -0.3 is 19.9 Å². The van der Waals surface area contributed by atoms with Gasteiger partial charge in [-0.25, -0.2) is 0 Å². The van der Waals surface area contributed by atoms with E-state index < -0.39 is 0 Å². The molecule has 0 bridgehead atoms. The molecule has 55 heavy (non-hydrogen) atoms. The van der Waals surface area contributed by atoms with Crippen molar-refractivity contribution in [3.63, 3.8) is 0 Å². The predicted molar refractivity (Wildman–Crippen MR) is 232 cm³/mol. The maximum absolute atomic E-state index is 7.47. The second-order valence-corrected chi connectivity index (χ2v) is 14.5. The van der Waals surface area contributed by atoms with Crippen molar-refractivity contribution in [2.45, 2.75) is 26.7 Å². The summed E-state index contributed by atoms with van der Waals surface area (Å²) in [5.41, 5.74) is 18.6. The lowest BCUT2D eigenvalue weighted by Gasteiger charge is -2.22. The van der Waals surface area contributed by atoms with Crippen LogP contribution in [-0.2, 0) is 12.8 Å². The summed E-state index contributed by atoms with van der Waals surface area (Å²) in [6, 6.07) is 27.3. The van der Waals surface area contributed by atoms with E-state index in [0.29, 0.717) is 0 Å². The molecule has 2 N–H and O–H groups in total. The minimum atomic E-state index is 0.756. The van der Waals surface area contributed by atoms with Gasteiger partial charge in [-0.15, -0.1) is 0 Å². The molecule has 6 heteroatoms. The molecule has 0 atom stereocenters. The number of aromatic nitrogens is 4. The number of hydrogen-bond donors (Lipinski definition) is 2. The molecule has 0 unspecified atom stereocenters. The maximum Gasteiger partial charge on any atom is 0.0674 e. The van der Waals surface area contributed by atoms with Crippen LogP contribution in [0.25, 0.3) is 77.3 Å². The molecule has 1 aliphatic rings. The van der Waals surface area contributed by atoms with Crippen molar-refractivity contribution in [2.75, 3.05) is 13.6 Å². The minimum absolute atomic E-state index is 0.756. The Morgan fingerprint density at radius 2 is 1.25 bits per heavy atom. The highest BCUT2D eigenvalue weighted by Crippen LogP contribution is 2.44. The van der Waals surface area contributed by atoms with E-state index in [9.17, 15) is 0 Å². The van der Waals surface area contributed by atoms with Crippen LogP contribution >= 0.6 is 0 Å². The first kappa shape index (κ1) is 34.2. The van der Waals surface area contributed by atoms with Crippen LogP contribution in [0.4, 0.5) is 0 Å². The Morgan fingerprint density at radius 1 is 0.727 bits per heavy atom. The third kappa shape index (κ3) is 5.56. The topological polar surface area (TPSA) is 71.5 Å². The number of nitrogens with one attached hydrogen (secondary N) is 2. The minimum Gasteiger partial charge on any atom is -0.316 e. The van der Waals surface area contributed by atoms with E-state index in [4.69, 9.17) is 5.41 Å². The number of aryl methyl sites for hydroxylation is 4. The fourth-order valence-electron chi connectivity index (χ4n) is 8.55. The largest absolute Gasteiger partial charge is 0.316 e. The zero-order valence-electron chi connectivity index (χ0n) is 31.4. The lowest BCUT2D eigenvalue weighted by atomic mass is 9.84. The Hall–Kier alpha value is -6.63. The number of fused-ring (bicyclic) bond motifs is 9. The average molecular weight is 715 g/mol. The molecule has 0 saturated carbocycles. The van der Waals surface area contributed by atoms with E-state index in [1.807, 2.05) is 44.0 Å². The summed E-state index contributed by atoms with van der Waals surface area (Å²) >= 11 is 0. The zero-order chi connectivity index (χ0) is 37.8. The van der Waals surface area contributed by atoms with E-state index in [1.54, 1.807) is 6.08 Å². The number of likely N-dealkylation sites (N-methyl/N-ethyl adjacent to an activating group) is 1. The highest BCUT2D eigenvalue weighted by atomic mass is 15.0. The normalized spacial score (nSPS) is 12.9. The zero-order valence-corrected chi connectivity index (χ0v) is 31.4. The Labute approximate surface area is 321 Å². The molecule has 0 spiro atoms. The van der Waals surface area contributed by atoms with Crippen LogP contribution in [0.3, 0.4) is 0 Å². The first-order valence-electron chi connectivity index (χ1n) is 18.8. The number of nitrogens with zero attached hydrogens (tertiary/aromatic N) is 4. The third-order valence-electron chi connectivity index (χ3n) is 11.3. The maximum atomic E-state index is 7.47. The van der Waals surface area contributed by atoms with Gasteiger partial charge in [0.1, 0.15) is 0 Å². The fraction of sp³-hybridized carbons (Fsp3) is 0.122. The average Bonchev–Trinajstić information content (AvgIpc) is 3.69. The molecule has 4 heterocycles. The predicted octanol–water partition coefficient (Wildman–Crippen LogP) is 11.1. The van der Waals surface area contributed by atoms with Crippen molar-refractivity contribution >= 4 is 61.0 Å². The molecule has 4 aromatic carbocycles. The Kier molecular flexibility index (Phi) is 8.48. The number of allylic oxidation sites excluding steroid dienone is 5. The first-order chi connectivity index (χ1) is 26.9. The Balaban J connectivity index is 1.33. The quantitative estimate of drug-likeness (QED) is 0.115. The highest BCUT2D eigenvalue weighted by molar-refractivity contribution is 6.14. The lowest BCUT2D eigenvalue weighted by molar-refractivity contribution is 0.931. The first-order valence-corrected chi connectivity index (χ1v) is 18.8. The molecule has 0 aliphatic heterocycles. The van der Waals surface area contributed by atoms with Crippen molar-refractivity contribution in [1.82, 2.24) is 24.4 Å². The van der Waals surface area contributed by atoms with E-state index in [2.05, 4.69) is 130 Å². The SMILES string of the molecule is C=C/C=C(\CNC)c1ccc2c(c1)c1cc3c(cc1n2-c1cnccc1C)-c1cc2c(cc1CC3)c1cc(C(=C)/C=C\C=N)ccc1n2-c1cnccc1C. The summed E-state index contributed by atoms with van der Waals surface area (Å²) in [5.74, 6) is 0. The van der Waals surface area contributed by atoms with Gasteiger partial charge in [0.05, 0.1) is 45.8 Å². The van der Waals surface area contributed by atoms with Gasteiger partial charge in [-0.1, -0.05) is 43.5 Å². The van der Waals surface area contributed by atoms with E-state index in [-0.39, 0.29) is 0 Å². The summed E-state index contributed by atoms with van der Waals surface area (Å²) in [6.07, 6.45) is 18.5. The molecular weight excluding hydrogens is 673 g/mol. The summed E-state index contributed by atoms with van der Waals surface area (Å²) in [6.45, 7) is 13.4. The Morgan fingerprint density at radius 3 is 1.76 bits per heavy atom. The molecule has 0 saturated heterocycles. The molecule has 268 valence electrons. The van der Waals surface area contributed by atoms with Crippen LogP contribution in [0.1, 0.15) is 33.4 Å². The third-order valence-corrected chi connectivity index (χ3v) is 11.3. The van der Waals surface area contributed by atoms with E-state index >= 15 is 0 Å². The molecule has 0 radical (unpaired) electrons. The van der Waals surface area contributed by atoms with Gasteiger partial charge >= 0.3 is 0 Å². The van der Waals surface area contributed by atoms with Gasteiger partial charge in [0.2, 0.25) is 0 Å². The Bertz CT molecular complexity index is 2970. The number of hydrogen-bond acceptors (Lipinski definition) is 4. The standard InChI is InChI=1S/C49H42N6/c1-6-8-37(27-51-5)34-13-15-45-41(22-34)43-24-36-11-10-35-23-42-40-21-33(30(2)9-7-18-50)12-14-44(40)54(48-28-52-19-16-31(48)3)46(42)25-38(35)39(36)26-47(43)55(45)49-29-53-20-17-32(49)4/h6-9,12-26,28-29,50-51H,1-2,10-11,27H2,3-5H3/b9-7-,37-8+,50-18?. The molecule has 0 fully saturated rings. The molecule has 1 aliphatic carbocycles. The monoisotopic (exact) mass is 714 g/mol. The molecule has 6 nitrogen and oxygen atoms in total. The lowest BCUT2D eigenvalue weighted by Crippen LogP contribution is -2.09. The molecule has 9 rings (SSSR count). The molecule has 4 aromatic heterocycles. The van der Waals surface area contributed by atoms with Crippen molar-refractivity contribution in [2.24, 2.45) is 0 Å². The highest BCUT2D eigenvalue weighted by Gasteiger charge is 2.24. The van der Waals surface area contributed by atoms with Gasteiger partial charge in [-0.3, -0.25) is 9.97 Å². The molecular formula is C49H42N6. The van der Waals surface area contributed by atoms with Crippen LogP contribution in [0, 0.1) is 19.3 Å². The summed E-state index contributed by atoms with van der Waals surface area (Å²) in [5, 5.41) is 15.7. The molecule has 0 amide bonds. The van der Waals surface area contributed by atoms with Crippen LogP contribution in [0.2, 0.25) is 0 Å². The summed E-state index contributed by atoms with van der Waals surface area (Å²) in [4.78, 5) is 9.16. The van der Waals surface area contributed by atoms with Crippen molar-refractivity contribution < 1.29 is 0 Å². The van der Waals surface area contributed by atoms with E-state index in [0.717, 1.165) is 64.0 Å². The fourth-order valence-corrected chi connectivity index (χ4v) is 8.55. The van der Waals surface area contributed by atoms with Gasteiger partial charge in [0.25, 0.3) is 0 Å². The van der Waals surface area contributed by atoms with Gasteiger partial charge in [0.15, 0.2) is 0 Å².